The fourth-order valence-electron chi connectivity index (χ4n) is 4.06. The highest BCUT2D eigenvalue weighted by atomic mass is 19.1. The van der Waals surface area contributed by atoms with Gasteiger partial charge in [0, 0.05) is 38.3 Å². The lowest BCUT2D eigenvalue weighted by Crippen LogP contribution is -2.52. The lowest BCUT2D eigenvalue weighted by atomic mass is 10.0. The molecule has 5 nitrogen and oxygen atoms in total. The van der Waals surface area contributed by atoms with Crippen LogP contribution >= 0.6 is 0 Å². The largest absolute Gasteiger partial charge is 0.366 e. The van der Waals surface area contributed by atoms with Crippen molar-refractivity contribution in [2.45, 2.75) is 13.3 Å². The number of benzene rings is 3. The van der Waals surface area contributed by atoms with Crippen LogP contribution in [0.15, 0.2) is 60.7 Å². The number of hydrogen-bond donors (Lipinski definition) is 1. The minimum Gasteiger partial charge on any atom is -0.366 e. The number of Topliss-reactive ketones (excluding diaryl/α,β-unsaturated/α-hetero) is 1. The van der Waals surface area contributed by atoms with Gasteiger partial charge in [0.25, 0.3) is 0 Å². The maximum Gasteiger partial charge on any atom is 0.317 e. The first-order chi connectivity index (χ1) is 15.0. The number of anilines is 1. The fraction of sp³-hybridized carbons (Fsp3) is 0.280. The number of amides is 2. The summed E-state index contributed by atoms with van der Waals surface area (Å²) in [6.45, 7) is 4.13. The zero-order valence-corrected chi connectivity index (χ0v) is 17.6. The number of piperazine rings is 1. The average Bonchev–Trinajstić information content (AvgIpc) is 2.79. The molecule has 3 aromatic carbocycles. The molecule has 1 fully saturated rings. The molecule has 0 radical (unpaired) electrons. The molecule has 0 unspecified atom stereocenters. The molecule has 160 valence electrons. The van der Waals surface area contributed by atoms with Crippen molar-refractivity contribution < 1.29 is 14.0 Å². The SMILES string of the molecule is CC(=O)c1ccc(N2CCN(C(=O)NCCc3cccc4ccccc34)CC2)c(F)c1. The summed E-state index contributed by atoms with van der Waals surface area (Å²) < 4.78 is 14.4. The topological polar surface area (TPSA) is 52.7 Å². The Morgan fingerprint density at radius 3 is 2.45 bits per heavy atom. The van der Waals surface area contributed by atoms with Crippen molar-refractivity contribution in [1.82, 2.24) is 10.2 Å². The van der Waals surface area contributed by atoms with Crippen molar-refractivity contribution in [3.05, 3.63) is 77.6 Å². The van der Waals surface area contributed by atoms with Gasteiger partial charge in [0.15, 0.2) is 5.78 Å². The highest BCUT2D eigenvalue weighted by Crippen LogP contribution is 2.22. The van der Waals surface area contributed by atoms with E-state index in [1.807, 2.05) is 23.1 Å². The summed E-state index contributed by atoms with van der Waals surface area (Å²) >= 11 is 0. The number of hydrogen-bond acceptors (Lipinski definition) is 3. The molecule has 1 heterocycles. The molecule has 0 aliphatic carbocycles. The molecule has 1 aliphatic heterocycles. The van der Waals surface area contributed by atoms with Crippen LogP contribution in [0.1, 0.15) is 22.8 Å². The Kier molecular flexibility index (Phi) is 6.16. The van der Waals surface area contributed by atoms with Gasteiger partial charge in [-0.15, -0.1) is 0 Å². The van der Waals surface area contributed by atoms with Gasteiger partial charge in [-0.1, -0.05) is 42.5 Å². The second-order valence-corrected chi connectivity index (χ2v) is 7.82. The van der Waals surface area contributed by atoms with Crippen LogP contribution in [0.3, 0.4) is 0 Å². The van der Waals surface area contributed by atoms with Gasteiger partial charge in [0.1, 0.15) is 5.82 Å². The first-order valence-electron chi connectivity index (χ1n) is 10.6. The van der Waals surface area contributed by atoms with Crippen LogP contribution in [-0.4, -0.2) is 49.4 Å². The van der Waals surface area contributed by atoms with Crippen molar-refractivity contribution in [3.8, 4) is 0 Å². The normalized spacial score (nSPS) is 14.0. The molecule has 0 bridgehead atoms. The third-order valence-electron chi connectivity index (χ3n) is 5.81. The first kappa shape index (κ1) is 20.8. The number of ketones is 1. The summed E-state index contributed by atoms with van der Waals surface area (Å²) in [5, 5.41) is 5.42. The quantitative estimate of drug-likeness (QED) is 0.629. The van der Waals surface area contributed by atoms with E-state index in [1.165, 1.54) is 29.3 Å². The van der Waals surface area contributed by atoms with Crippen LogP contribution in [0.5, 0.6) is 0 Å². The molecule has 4 rings (SSSR count). The van der Waals surface area contributed by atoms with Crippen LogP contribution in [-0.2, 0) is 6.42 Å². The van der Waals surface area contributed by atoms with Gasteiger partial charge >= 0.3 is 6.03 Å². The molecule has 0 aromatic heterocycles. The Morgan fingerprint density at radius 1 is 0.968 bits per heavy atom. The van der Waals surface area contributed by atoms with E-state index in [2.05, 4.69) is 29.6 Å². The summed E-state index contributed by atoms with van der Waals surface area (Å²) in [5.74, 6) is -0.559. The Hall–Kier alpha value is -3.41. The number of rotatable bonds is 5. The molecule has 1 N–H and O–H groups in total. The van der Waals surface area contributed by atoms with E-state index in [0.717, 1.165) is 6.42 Å². The Balaban J connectivity index is 1.29. The van der Waals surface area contributed by atoms with E-state index in [1.54, 1.807) is 17.0 Å². The van der Waals surface area contributed by atoms with Gasteiger partial charge in [-0.25, -0.2) is 9.18 Å². The van der Waals surface area contributed by atoms with Crippen molar-refractivity contribution >= 4 is 28.3 Å². The zero-order valence-electron chi connectivity index (χ0n) is 17.6. The summed E-state index contributed by atoms with van der Waals surface area (Å²) in [7, 11) is 0. The maximum atomic E-state index is 14.4. The van der Waals surface area contributed by atoms with Gasteiger partial charge < -0.3 is 15.1 Å². The Labute approximate surface area is 181 Å². The highest BCUT2D eigenvalue weighted by molar-refractivity contribution is 5.94. The third kappa shape index (κ3) is 4.68. The molecule has 1 saturated heterocycles. The van der Waals surface area contributed by atoms with Crippen LogP contribution in [0, 0.1) is 5.82 Å². The Bertz CT molecular complexity index is 1100. The summed E-state index contributed by atoms with van der Waals surface area (Å²) in [6, 6.07) is 19.0. The van der Waals surface area contributed by atoms with Crippen LogP contribution in [0.4, 0.5) is 14.9 Å². The molecule has 0 spiro atoms. The molecular weight excluding hydrogens is 393 g/mol. The molecule has 6 heteroatoms. The number of carbonyl (C=O) groups is 2. The summed E-state index contributed by atoms with van der Waals surface area (Å²) in [4.78, 5) is 27.7. The van der Waals surface area contributed by atoms with Crippen molar-refractivity contribution in [2.24, 2.45) is 0 Å². The van der Waals surface area contributed by atoms with E-state index in [0.29, 0.717) is 44.0 Å². The van der Waals surface area contributed by atoms with Gasteiger partial charge in [-0.05, 0) is 47.9 Å². The lowest BCUT2D eigenvalue weighted by Gasteiger charge is -2.36. The van der Waals surface area contributed by atoms with Crippen LogP contribution in [0.2, 0.25) is 0 Å². The maximum absolute atomic E-state index is 14.4. The van der Waals surface area contributed by atoms with Crippen molar-refractivity contribution in [2.75, 3.05) is 37.6 Å². The van der Waals surface area contributed by atoms with Gasteiger partial charge in [-0.2, -0.15) is 0 Å². The molecular formula is C25H26FN3O2. The monoisotopic (exact) mass is 419 g/mol. The summed E-state index contributed by atoms with van der Waals surface area (Å²) in [5.41, 5.74) is 2.05. The fourth-order valence-corrected chi connectivity index (χ4v) is 4.06. The highest BCUT2D eigenvalue weighted by Gasteiger charge is 2.23. The third-order valence-corrected chi connectivity index (χ3v) is 5.81. The van der Waals surface area contributed by atoms with E-state index < -0.39 is 5.82 Å². The van der Waals surface area contributed by atoms with E-state index in [4.69, 9.17) is 0 Å². The number of fused-ring (bicyclic) bond motifs is 1. The Morgan fingerprint density at radius 2 is 1.71 bits per heavy atom. The second kappa shape index (κ2) is 9.16. The van der Waals surface area contributed by atoms with Gasteiger partial charge in [-0.3, -0.25) is 4.79 Å². The first-order valence-corrected chi connectivity index (χ1v) is 10.6. The van der Waals surface area contributed by atoms with Gasteiger partial charge in [0.05, 0.1) is 5.69 Å². The molecule has 0 saturated carbocycles. The molecule has 3 aromatic rings. The number of nitrogens with zero attached hydrogens (tertiary/aromatic N) is 2. The smallest absolute Gasteiger partial charge is 0.317 e. The predicted octanol–water partition coefficient (Wildman–Crippen LogP) is 4.26. The lowest BCUT2D eigenvalue weighted by molar-refractivity contribution is 0.101. The number of urea groups is 1. The molecule has 2 amide bonds. The molecule has 0 atom stereocenters. The minimum absolute atomic E-state index is 0.0905. The van der Waals surface area contributed by atoms with E-state index in [9.17, 15) is 14.0 Å². The molecule has 31 heavy (non-hydrogen) atoms. The van der Waals surface area contributed by atoms with Crippen molar-refractivity contribution in [1.29, 1.82) is 0 Å². The number of halogens is 1. The number of carbonyl (C=O) groups excluding carboxylic acids is 2. The van der Waals surface area contributed by atoms with E-state index >= 15 is 0 Å². The zero-order chi connectivity index (χ0) is 21.8. The second-order valence-electron chi connectivity index (χ2n) is 7.82. The van der Waals surface area contributed by atoms with Crippen LogP contribution < -0.4 is 10.2 Å². The van der Waals surface area contributed by atoms with Gasteiger partial charge in [0.2, 0.25) is 0 Å². The average molecular weight is 420 g/mol. The van der Waals surface area contributed by atoms with E-state index in [-0.39, 0.29) is 11.8 Å². The molecule has 1 aliphatic rings. The summed E-state index contributed by atoms with van der Waals surface area (Å²) in [6.07, 6.45) is 0.765. The minimum atomic E-state index is -0.402. The number of nitrogens with one attached hydrogen (secondary N) is 1. The standard InChI is InChI=1S/C25H26FN3O2/c1-18(30)21-9-10-24(23(26)17-21)28-13-15-29(16-14-28)25(31)27-12-11-20-7-4-6-19-5-2-3-8-22(19)20/h2-10,17H,11-16H2,1H3,(H,27,31). The van der Waals surface area contributed by atoms with Crippen LogP contribution in [0.25, 0.3) is 10.8 Å². The predicted molar refractivity (Wildman–Crippen MR) is 121 cm³/mol. The van der Waals surface area contributed by atoms with Crippen molar-refractivity contribution in [3.63, 3.8) is 0 Å².